The summed E-state index contributed by atoms with van der Waals surface area (Å²) in [6.07, 6.45) is 0. The average Bonchev–Trinajstić information content (AvgIpc) is 2.68. The molecule has 0 heterocycles. The first kappa shape index (κ1) is 18.7. The lowest BCUT2D eigenvalue weighted by Crippen LogP contribution is -2.02. The molecule has 0 nitrogen and oxygen atoms in total. The van der Waals surface area contributed by atoms with Crippen molar-refractivity contribution in [3.8, 4) is 0 Å². The number of benzene rings is 3. The molecule has 0 aliphatic carbocycles. The van der Waals surface area contributed by atoms with E-state index >= 15 is 0 Å². The van der Waals surface area contributed by atoms with Gasteiger partial charge in [-0.3, -0.25) is 0 Å². The van der Waals surface area contributed by atoms with Crippen molar-refractivity contribution in [3.05, 3.63) is 108 Å². The fourth-order valence-corrected chi connectivity index (χ4v) is 2.51. The van der Waals surface area contributed by atoms with Crippen molar-refractivity contribution >= 4 is 0 Å². The zero-order chi connectivity index (χ0) is 16.9. The van der Waals surface area contributed by atoms with Crippen LogP contribution >= 0.6 is 0 Å². The molecule has 0 bridgehead atoms. The van der Waals surface area contributed by atoms with Crippen molar-refractivity contribution in [1.82, 2.24) is 0 Å². The zero-order valence-corrected chi connectivity index (χ0v) is 14.7. The van der Waals surface area contributed by atoms with Crippen LogP contribution in [0.15, 0.2) is 91.0 Å². The molecule has 0 fully saturated rings. The highest BCUT2D eigenvalue weighted by Crippen LogP contribution is 2.31. The van der Waals surface area contributed by atoms with Crippen molar-refractivity contribution in [1.29, 1.82) is 0 Å². The van der Waals surface area contributed by atoms with E-state index in [4.69, 9.17) is 0 Å². The van der Waals surface area contributed by atoms with Crippen molar-refractivity contribution in [2.75, 3.05) is 0 Å². The van der Waals surface area contributed by atoms with Gasteiger partial charge in [-0.2, -0.15) is 0 Å². The molecule has 0 unspecified atom stereocenters. The third-order valence-corrected chi connectivity index (χ3v) is 3.40. The van der Waals surface area contributed by atoms with E-state index in [0.29, 0.717) is 5.92 Å². The molecule has 0 amide bonds. The third-order valence-electron chi connectivity index (χ3n) is 3.40. The Morgan fingerprint density at radius 2 is 0.609 bits per heavy atom. The molecule has 0 aliphatic heterocycles. The Kier molecular flexibility index (Phi) is 9.16. The van der Waals surface area contributed by atoms with Gasteiger partial charge in [0.2, 0.25) is 0 Å². The summed E-state index contributed by atoms with van der Waals surface area (Å²) in [7, 11) is 0. The van der Waals surface area contributed by atoms with Crippen LogP contribution in [0.4, 0.5) is 0 Å². The number of hydrogen-bond acceptors (Lipinski definition) is 0. The summed E-state index contributed by atoms with van der Waals surface area (Å²) >= 11 is 0. The van der Waals surface area contributed by atoms with E-state index in [0.717, 1.165) is 0 Å². The fraction of sp³-hybridized carbons (Fsp3) is 0.217. The third kappa shape index (κ3) is 5.41. The van der Waals surface area contributed by atoms with E-state index in [9.17, 15) is 0 Å². The lowest BCUT2D eigenvalue weighted by molar-refractivity contribution is 0.977. The van der Waals surface area contributed by atoms with Gasteiger partial charge < -0.3 is 0 Å². The average molecular weight is 304 g/mol. The van der Waals surface area contributed by atoms with Gasteiger partial charge in [-0.25, -0.2) is 0 Å². The minimum Gasteiger partial charge on any atom is -0.0683 e. The largest absolute Gasteiger partial charge is 0.0683 e. The molecule has 0 aliphatic rings. The van der Waals surface area contributed by atoms with E-state index in [2.05, 4.69) is 91.0 Å². The fourth-order valence-electron chi connectivity index (χ4n) is 2.51. The molecule has 3 aromatic carbocycles. The standard InChI is InChI=1S/C19H16.2C2H6/c1-4-10-16(11-5-1)19(17-12-6-2-7-13-17)18-14-8-3-9-15-18;2*1-2/h1-15,19H;2*1-2H3. The van der Waals surface area contributed by atoms with Gasteiger partial charge in [0.25, 0.3) is 0 Å². The highest BCUT2D eigenvalue weighted by Gasteiger charge is 2.15. The quantitative estimate of drug-likeness (QED) is 0.461. The SMILES string of the molecule is CC.CC.c1ccc(C(c2ccccc2)c2ccccc2)cc1. The second-order valence-corrected chi connectivity index (χ2v) is 4.67. The molecule has 0 aromatic heterocycles. The van der Waals surface area contributed by atoms with Gasteiger partial charge in [0.1, 0.15) is 0 Å². The summed E-state index contributed by atoms with van der Waals surface area (Å²) in [6.45, 7) is 8.00. The van der Waals surface area contributed by atoms with Gasteiger partial charge >= 0.3 is 0 Å². The Morgan fingerprint density at radius 3 is 0.826 bits per heavy atom. The first-order chi connectivity index (χ1) is 11.4. The lowest BCUT2D eigenvalue weighted by atomic mass is 9.85. The molecular formula is C23H28. The Morgan fingerprint density at radius 1 is 0.391 bits per heavy atom. The van der Waals surface area contributed by atoms with E-state index in [-0.39, 0.29) is 0 Å². The zero-order valence-electron chi connectivity index (χ0n) is 14.7. The molecule has 0 saturated carbocycles. The maximum Gasteiger partial charge on any atom is 0.0339 e. The monoisotopic (exact) mass is 304 g/mol. The Bertz CT molecular complexity index is 518. The van der Waals surface area contributed by atoms with Crippen LogP contribution < -0.4 is 0 Å². The first-order valence-corrected chi connectivity index (χ1v) is 8.60. The summed E-state index contributed by atoms with van der Waals surface area (Å²) in [5, 5.41) is 0. The van der Waals surface area contributed by atoms with Gasteiger partial charge in [-0.05, 0) is 16.7 Å². The van der Waals surface area contributed by atoms with Crippen molar-refractivity contribution in [3.63, 3.8) is 0 Å². The second kappa shape index (κ2) is 11.3. The van der Waals surface area contributed by atoms with Crippen LogP contribution in [0, 0.1) is 0 Å². The normalized spacial score (nSPS) is 9.26. The van der Waals surface area contributed by atoms with Gasteiger partial charge in [-0.1, -0.05) is 119 Å². The predicted molar refractivity (Wildman–Crippen MR) is 103 cm³/mol. The van der Waals surface area contributed by atoms with Crippen LogP contribution in [-0.2, 0) is 0 Å². The molecule has 0 atom stereocenters. The van der Waals surface area contributed by atoms with Crippen molar-refractivity contribution < 1.29 is 0 Å². The molecular weight excluding hydrogens is 276 g/mol. The van der Waals surface area contributed by atoms with Gasteiger partial charge in [0, 0.05) is 5.92 Å². The van der Waals surface area contributed by atoms with Gasteiger partial charge in [0.15, 0.2) is 0 Å². The Labute approximate surface area is 141 Å². The van der Waals surface area contributed by atoms with Crippen LogP contribution in [0.1, 0.15) is 50.3 Å². The summed E-state index contributed by atoms with van der Waals surface area (Å²) in [4.78, 5) is 0. The highest BCUT2D eigenvalue weighted by atomic mass is 14.2. The molecule has 3 rings (SSSR count). The molecule has 0 heteroatoms. The number of rotatable bonds is 3. The molecule has 0 radical (unpaired) electrons. The summed E-state index contributed by atoms with van der Waals surface area (Å²) < 4.78 is 0. The summed E-state index contributed by atoms with van der Waals surface area (Å²) in [5.74, 6) is 0.309. The Balaban J connectivity index is 0.000000615. The molecule has 3 aromatic rings. The van der Waals surface area contributed by atoms with Crippen molar-refractivity contribution in [2.45, 2.75) is 33.6 Å². The predicted octanol–water partition coefficient (Wildman–Crippen LogP) is 6.92. The van der Waals surface area contributed by atoms with Crippen LogP contribution in [0.2, 0.25) is 0 Å². The van der Waals surface area contributed by atoms with Crippen molar-refractivity contribution in [2.24, 2.45) is 0 Å². The van der Waals surface area contributed by atoms with E-state index in [1.54, 1.807) is 0 Å². The number of hydrogen-bond donors (Lipinski definition) is 0. The molecule has 0 spiro atoms. The van der Waals surface area contributed by atoms with Crippen LogP contribution in [0.25, 0.3) is 0 Å². The maximum atomic E-state index is 2.20. The second-order valence-electron chi connectivity index (χ2n) is 4.67. The van der Waals surface area contributed by atoms with E-state index in [1.165, 1.54) is 16.7 Å². The molecule has 120 valence electrons. The van der Waals surface area contributed by atoms with Gasteiger partial charge in [0.05, 0.1) is 0 Å². The van der Waals surface area contributed by atoms with Crippen LogP contribution in [0.3, 0.4) is 0 Å². The molecule has 0 N–H and O–H groups in total. The van der Waals surface area contributed by atoms with E-state index < -0.39 is 0 Å². The van der Waals surface area contributed by atoms with Crippen LogP contribution in [0.5, 0.6) is 0 Å². The molecule has 23 heavy (non-hydrogen) atoms. The smallest absolute Gasteiger partial charge is 0.0339 e. The summed E-state index contributed by atoms with van der Waals surface area (Å²) in [6, 6.07) is 32.0. The topological polar surface area (TPSA) is 0 Å². The van der Waals surface area contributed by atoms with E-state index in [1.807, 2.05) is 27.7 Å². The Hall–Kier alpha value is -2.34. The maximum absolute atomic E-state index is 2.20. The molecule has 0 saturated heterocycles. The minimum atomic E-state index is 0.309. The minimum absolute atomic E-state index is 0.309. The highest BCUT2D eigenvalue weighted by molar-refractivity contribution is 5.42. The first-order valence-electron chi connectivity index (χ1n) is 8.60. The van der Waals surface area contributed by atoms with Gasteiger partial charge in [-0.15, -0.1) is 0 Å². The summed E-state index contributed by atoms with van der Waals surface area (Å²) in [5.41, 5.74) is 4.00. The lowest BCUT2D eigenvalue weighted by Gasteiger charge is -2.18. The van der Waals surface area contributed by atoms with Crippen LogP contribution in [-0.4, -0.2) is 0 Å².